The first kappa shape index (κ1) is 19.8. The van der Waals surface area contributed by atoms with Gasteiger partial charge in [-0.3, -0.25) is 0 Å². The van der Waals surface area contributed by atoms with Gasteiger partial charge in [-0.05, 0) is 54.5 Å². The molecule has 0 bridgehead atoms. The minimum absolute atomic E-state index is 0.00525. The number of ether oxygens (including phenoxy) is 2. The Hall–Kier alpha value is -2.49. The van der Waals surface area contributed by atoms with E-state index in [1.54, 1.807) is 24.3 Å². The minimum Gasteiger partial charge on any atom is -0.493 e. The fraction of sp³-hybridized carbons (Fsp3) is 0.211. The monoisotopic (exact) mass is 391 g/mol. The number of nitriles is 1. The van der Waals surface area contributed by atoms with Gasteiger partial charge in [-0.25, -0.2) is 8.42 Å². The number of sulfone groups is 1. The Labute approximate surface area is 158 Å². The molecule has 0 aliphatic carbocycles. The topological polar surface area (TPSA) is 76.4 Å². The zero-order chi connectivity index (χ0) is 19.2. The molecule has 7 heteroatoms. The SMILES string of the molecule is CCCOc1cc(/C=C(\C#N)S(=O)(=O)c2ccc(Cl)cc2)ccc1OC. The van der Waals surface area contributed by atoms with Crippen molar-refractivity contribution >= 4 is 27.5 Å². The molecular formula is C19H18ClNO4S. The van der Waals surface area contributed by atoms with Crippen molar-refractivity contribution in [2.75, 3.05) is 13.7 Å². The summed E-state index contributed by atoms with van der Waals surface area (Å²) in [5.74, 6) is 1.03. The molecule has 0 aromatic heterocycles. The number of halogens is 1. The molecular weight excluding hydrogens is 374 g/mol. The van der Waals surface area contributed by atoms with Crippen molar-refractivity contribution in [2.45, 2.75) is 18.2 Å². The van der Waals surface area contributed by atoms with Crippen molar-refractivity contribution in [1.82, 2.24) is 0 Å². The molecule has 2 rings (SSSR count). The molecule has 0 aliphatic rings. The van der Waals surface area contributed by atoms with Crippen LogP contribution in [0.15, 0.2) is 52.3 Å². The Morgan fingerprint density at radius 1 is 1.19 bits per heavy atom. The summed E-state index contributed by atoms with van der Waals surface area (Å²) in [5, 5.41) is 9.79. The van der Waals surface area contributed by atoms with E-state index in [0.717, 1.165) is 6.42 Å². The number of benzene rings is 2. The van der Waals surface area contributed by atoms with Crippen LogP contribution in [0.25, 0.3) is 6.08 Å². The number of hydrogen-bond acceptors (Lipinski definition) is 5. The fourth-order valence-electron chi connectivity index (χ4n) is 2.17. The number of allylic oxidation sites excluding steroid dienone is 1. The van der Waals surface area contributed by atoms with Crippen LogP contribution in [0.3, 0.4) is 0 Å². The summed E-state index contributed by atoms with van der Waals surface area (Å²) >= 11 is 5.79. The maximum atomic E-state index is 12.7. The lowest BCUT2D eigenvalue weighted by molar-refractivity contribution is 0.294. The van der Waals surface area contributed by atoms with Crippen LogP contribution >= 0.6 is 11.6 Å². The van der Waals surface area contributed by atoms with Crippen molar-refractivity contribution in [2.24, 2.45) is 0 Å². The highest BCUT2D eigenvalue weighted by Crippen LogP contribution is 2.30. The lowest BCUT2D eigenvalue weighted by Gasteiger charge is -2.11. The van der Waals surface area contributed by atoms with Crippen molar-refractivity contribution in [3.63, 3.8) is 0 Å². The largest absolute Gasteiger partial charge is 0.493 e. The van der Waals surface area contributed by atoms with E-state index in [4.69, 9.17) is 21.1 Å². The molecule has 2 aromatic carbocycles. The molecule has 136 valence electrons. The fourth-order valence-corrected chi connectivity index (χ4v) is 3.46. The first-order valence-corrected chi connectivity index (χ1v) is 9.71. The van der Waals surface area contributed by atoms with Gasteiger partial charge >= 0.3 is 0 Å². The summed E-state index contributed by atoms with van der Waals surface area (Å²) in [6.45, 7) is 2.47. The Kier molecular flexibility index (Phi) is 6.67. The average Bonchev–Trinajstić information content (AvgIpc) is 2.64. The summed E-state index contributed by atoms with van der Waals surface area (Å²) in [7, 11) is -2.42. The molecule has 0 atom stereocenters. The van der Waals surface area contributed by atoms with E-state index >= 15 is 0 Å². The molecule has 0 aliphatic heterocycles. The summed E-state index contributed by atoms with van der Waals surface area (Å²) in [6, 6.07) is 12.4. The van der Waals surface area contributed by atoms with Gasteiger partial charge in [0.05, 0.1) is 18.6 Å². The number of nitrogens with zero attached hydrogens (tertiary/aromatic N) is 1. The van der Waals surface area contributed by atoms with Crippen LogP contribution < -0.4 is 9.47 Å². The molecule has 0 fully saturated rings. The zero-order valence-electron chi connectivity index (χ0n) is 14.4. The van der Waals surface area contributed by atoms with E-state index in [0.29, 0.717) is 28.7 Å². The number of methoxy groups -OCH3 is 1. The van der Waals surface area contributed by atoms with Gasteiger partial charge in [-0.15, -0.1) is 0 Å². The van der Waals surface area contributed by atoms with Gasteiger partial charge in [0.2, 0.25) is 9.84 Å². The highest BCUT2D eigenvalue weighted by atomic mass is 35.5. The van der Waals surface area contributed by atoms with Crippen LogP contribution in [0.1, 0.15) is 18.9 Å². The van der Waals surface area contributed by atoms with Gasteiger partial charge in [-0.1, -0.05) is 24.6 Å². The summed E-state index contributed by atoms with van der Waals surface area (Å²) < 4.78 is 36.2. The van der Waals surface area contributed by atoms with Crippen LogP contribution in [0.4, 0.5) is 0 Å². The molecule has 0 unspecified atom stereocenters. The number of hydrogen-bond donors (Lipinski definition) is 0. The second-order valence-corrected chi connectivity index (χ2v) is 7.69. The lowest BCUT2D eigenvalue weighted by Crippen LogP contribution is -2.03. The van der Waals surface area contributed by atoms with Gasteiger partial charge in [0.15, 0.2) is 11.5 Å². The summed E-state index contributed by atoms with van der Waals surface area (Å²) in [6.07, 6.45) is 2.12. The molecule has 26 heavy (non-hydrogen) atoms. The van der Waals surface area contributed by atoms with Crippen LogP contribution in [0.2, 0.25) is 5.02 Å². The van der Waals surface area contributed by atoms with Crippen LogP contribution in [-0.4, -0.2) is 22.1 Å². The van der Waals surface area contributed by atoms with Crippen molar-refractivity contribution in [1.29, 1.82) is 5.26 Å². The Morgan fingerprint density at radius 3 is 2.46 bits per heavy atom. The second kappa shape index (κ2) is 8.75. The zero-order valence-corrected chi connectivity index (χ0v) is 16.0. The molecule has 0 amide bonds. The predicted octanol–water partition coefficient (Wildman–Crippen LogP) is 4.48. The van der Waals surface area contributed by atoms with E-state index in [1.807, 2.05) is 6.92 Å². The van der Waals surface area contributed by atoms with Gasteiger partial charge in [-0.2, -0.15) is 5.26 Å². The Morgan fingerprint density at radius 2 is 1.88 bits per heavy atom. The van der Waals surface area contributed by atoms with E-state index < -0.39 is 9.84 Å². The van der Waals surface area contributed by atoms with Crippen LogP contribution in [0.5, 0.6) is 11.5 Å². The third-order valence-electron chi connectivity index (χ3n) is 3.47. The normalized spacial score (nSPS) is 11.7. The molecule has 0 N–H and O–H groups in total. The molecule has 0 spiro atoms. The lowest BCUT2D eigenvalue weighted by atomic mass is 10.2. The average molecular weight is 392 g/mol. The Bertz CT molecular complexity index is 944. The van der Waals surface area contributed by atoms with Gasteiger partial charge in [0, 0.05) is 5.02 Å². The van der Waals surface area contributed by atoms with E-state index in [-0.39, 0.29) is 9.80 Å². The van der Waals surface area contributed by atoms with E-state index in [9.17, 15) is 13.7 Å². The van der Waals surface area contributed by atoms with Gasteiger partial charge < -0.3 is 9.47 Å². The third-order valence-corrected chi connectivity index (χ3v) is 5.40. The van der Waals surface area contributed by atoms with Crippen LogP contribution in [-0.2, 0) is 9.84 Å². The smallest absolute Gasteiger partial charge is 0.216 e. The van der Waals surface area contributed by atoms with Crippen molar-refractivity contribution < 1.29 is 17.9 Å². The summed E-state index contributed by atoms with van der Waals surface area (Å²) in [5.41, 5.74) is 0.519. The Balaban J connectivity index is 2.45. The molecule has 0 heterocycles. The predicted molar refractivity (Wildman–Crippen MR) is 101 cm³/mol. The first-order valence-electron chi connectivity index (χ1n) is 7.85. The molecule has 5 nitrogen and oxygen atoms in total. The standard InChI is InChI=1S/C19H18ClNO4S/c1-3-10-25-19-12-14(4-9-18(19)24-2)11-17(13-21)26(22,23)16-7-5-15(20)6-8-16/h4-9,11-12H,3,10H2,1-2H3/b17-11+. The minimum atomic E-state index is -3.94. The second-order valence-electron chi connectivity index (χ2n) is 5.34. The highest BCUT2D eigenvalue weighted by Gasteiger charge is 2.21. The number of rotatable bonds is 7. The van der Waals surface area contributed by atoms with Gasteiger partial charge in [0.25, 0.3) is 0 Å². The maximum absolute atomic E-state index is 12.7. The van der Waals surface area contributed by atoms with Gasteiger partial charge in [0.1, 0.15) is 11.0 Å². The van der Waals surface area contributed by atoms with Crippen molar-refractivity contribution in [3.05, 3.63) is 58.0 Å². The van der Waals surface area contributed by atoms with Crippen molar-refractivity contribution in [3.8, 4) is 17.6 Å². The molecule has 2 aromatic rings. The highest BCUT2D eigenvalue weighted by molar-refractivity contribution is 7.95. The quantitative estimate of drug-likeness (QED) is 0.650. The molecule has 0 radical (unpaired) electrons. The molecule has 0 saturated heterocycles. The molecule has 0 saturated carbocycles. The van der Waals surface area contributed by atoms with E-state index in [1.165, 1.54) is 37.5 Å². The first-order chi connectivity index (χ1) is 12.4. The van der Waals surface area contributed by atoms with E-state index in [2.05, 4.69) is 0 Å². The third kappa shape index (κ3) is 4.57. The van der Waals surface area contributed by atoms with Crippen LogP contribution in [0, 0.1) is 11.3 Å². The summed E-state index contributed by atoms with van der Waals surface area (Å²) in [4.78, 5) is -0.364. The maximum Gasteiger partial charge on any atom is 0.216 e.